The second kappa shape index (κ2) is 14.9. The Balaban J connectivity index is 1.06. The van der Waals surface area contributed by atoms with Crippen LogP contribution in [0.15, 0.2) is 218 Å². The summed E-state index contributed by atoms with van der Waals surface area (Å²) < 4.78 is 0. The van der Waals surface area contributed by atoms with E-state index in [9.17, 15) is 0 Å². The van der Waals surface area contributed by atoms with Gasteiger partial charge in [0.1, 0.15) is 0 Å². The zero-order chi connectivity index (χ0) is 44.8. The smallest absolute Gasteiger partial charge is 0.187 e. The van der Waals surface area contributed by atoms with E-state index in [-0.39, 0.29) is 10.8 Å². The molecule has 0 aromatic heterocycles. The molecule has 2 aliphatic rings. The zero-order valence-electron chi connectivity index (χ0n) is 37.7. The van der Waals surface area contributed by atoms with Crippen molar-refractivity contribution in [3.63, 3.8) is 0 Å². The van der Waals surface area contributed by atoms with E-state index in [0.717, 1.165) is 22.6 Å². The third kappa shape index (κ3) is 5.85. The van der Waals surface area contributed by atoms with Crippen LogP contribution in [0.3, 0.4) is 0 Å². The molecule has 0 aliphatic heterocycles. The van der Waals surface area contributed by atoms with E-state index in [0.29, 0.717) is 5.69 Å². The molecule has 0 spiro atoms. The van der Waals surface area contributed by atoms with Gasteiger partial charge < -0.3 is 4.90 Å². The van der Waals surface area contributed by atoms with Gasteiger partial charge in [0, 0.05) is 27.9 Å². The standard InChI is InChI=1S/C63H48N2Si/c1-62(2)56-24-16-15-23-54(56)55-36-33-48(40-57(55)62)65(47-31-34-53(35-32-47)66(50-17-9-6-10-18-50,51-19-11-7-12-20-51)52-21-13-8-14-22-52)49-38-44-26-25-43-37-45(42-27-29-46(64-5)30-28-42)39-58-60(43)61(44)59(41-49)63(58,3)4/h6-41H,1-4H3. The lowest BCUT2D eigenvalue weighted by Crippen LogP contribution is -2.74. The molecule has 0 heterocycles. The molecule has 0 saturated heterocycles. The lowest BCUT2D eigenvalue weighted by molar-refractivity contribution is 0.660. The number of fused-ring (bicyclic) bond motifs is 3. The summed E-state index contributed by atoms with van der Waals surface area (Å²) in [4.78, 5) is 6.15. The molecule has 2 nitrogen and oxygen atoms in total. The first kappa shape index (κ1) is 39.8. The van der Waals surface area contributed by atoms with Gasteiger partial charge in [-0.15, -0.1) is 0 Å². The van der Waals surface area contributed by atoms with E-state index in [1.165, 1.54) is 81.2 Å². The Bertz CT molecular complexity index is 3470. The summed E-state index contributed by atoms with van der Waals surface area (Å²) in [6, 6.07) is 81.5. The fourth-order valence-corrected chi connectivity index (χ4v) is 16.4. The minimum absolute atomic E-state index is 0.148. The molecule has 3 heteroatoms. The highest BCUT2D eigenvalue weighted by Gasteiger charge is 2.42. The fourth-order valence-electron chi connectivity index (χ4n) is 11.7. The molecule has 2 aliphatic carbocycles. The maximum atomic E-state index is 7.50. The lowest BCUT2D eigenvalue weighted by atomic mass is 9.80. The summed E-state index contributed by atoms with van der Waals surface area (Å²) in [6.07, 6.45) is 0. The van der Waals surface area contributed by atoms with Crippen LogP contribution in [0.4, 0.5) is 22.7 Å². The first-order valence-electron chi connectivity index (χ1n) is 23.0. The minimum atomic E-state index is -2.74. The van der Waals surface area contributed by atoms with Gasteiger partial charge in [0.15, 0.2) is 13.8 Å². The van der Waals surface area contributed by atoms with Crippen molar-refractivity contribution in [1.29, 1.82) is 0 Å². The molecule has 66 heavy (non-hydrogen) atoms. The number of nitrogens with zero attached hydrogens (tertiary/aromatic N) is 2. The summed E-state index contributed by atoms with van der Waals surface area (Å²) in [5, 5.41) is 10.6. The van der Waals surface area contributed by atoms with Gasteiger partial charge in [0.25, 0.3) is 0 Å². The van der Waals surface area contributed by atoms with Crippen molar-refractivity contribution in [1.82, 2.24) is 0 Å². The summed E-state index contributed by atoms with van der Waals surface area (Å²) in [5.74, 6) is 0. The van der Waals surface area contributed by atoms with Crippen molar-refractivity contribution in [2.45, 2.75) is 38.5 Å². The van der Waals surface area contributed by atoms with Gasteiger partial charge in [-0.3, -0.25) is 0 Å². The summed E-state index contributed by atoms with van der Waals surface area (Å²) >= 11 is 0. The molecule has 0 amide bonds. The molecule has 314 valence electrons. The van der Waals surface area contributed by atoms with E-state index in [2.05, 4.69) is 244 Å². The largest absolute Gasteiger partial charge is 0.310 e. The topological polar surface area (TPSA) is 7.60 Å². The number of anilines is 3. The van der Waals surface area contributed by atoms with Crippen LogP contribution in [-0.2, 0) is 10.8 Å². The molecule has 0 unspecified atom stereocenters. The van der Waals surface area contributed by atoms with Crippen molar-refractivity contribution in [2.75, 3.05) is 4.90 Å². The van der Waals surface area contributed by atoms with Crippen molar-refractivity contribution in [3.05, 3.63) is 252 Å². The Labute approximate surface area is 388 Å². The van der Waals surface area contributed by atoms with Crippen LogP contribution in [0.25, 0.3) is 48.6 Å². The maximum Gasteiger partial charge on any atom is 0.187 e. The van der Waals surface area contributed by atoms with Gasteiger partial charge in [-0.05, 0) is 135 Å². The van der Waals surface area contributed by atoms with Gasteiger partial charge in [-0.2, -0.15) is 0 Å². The third-order valence-corrected chi connectivity index (χ3v) is 19.8. The van der Waals surface area contributed by atoms with Gasteiger partial charge >= 0.3 is 0 Å². The molecule has 0 saturated carbocycles. The predicted octanol–water partition coefficient (Wildman–Crippen LogP) is 14.0. The Morgan fingerprint density at radius 1 is 0.379 bits per heavy atom. The predicted molar refractivity (Wildman–Crippen MR) is 281 cm³/mol. The minimum Gasteiger partial charge on any atom is -0.310 e. The first-order chi connectivity index (χ1) is 32.2. The van der Waals surface area contributed by atoms with Crippen molar-refractivity contribution in [2.24, 2.45) is 0 Å². The molecule has 0 N–H and O–H groups in total. The molecular weight excluding hydrogens is 813 g/mol. The molecule has 10 aromatic rings. The summed E-state index contributed by atoms with van der Waals surface area (Å²) in [6.45, 7) is 17.0. The maximum absolute atomic E-state index is 7.50. The van der Waals surface area contributed by atoms with Gasteiger partial charge in [-0.25, -0.2) is 4.85 Å². The van der Waals surface area contributed by atoms with Crippen LogP contribution in [0.5, 0.6) is 0 Å². The highest BCUT2D eigenvalue weighted by atomic mass is 28.3. The summed E-state index contributed by atoms with van der Waals surface area (Å²) in [7, 11) is -2.74. The van der Waals surface area contributed by atoms with Crippen molar-refractivity contribution >= 4 is 73.1 Å². The Morgan fingerprint density at radius 3 is 1.47 bits per heavy atom. The van der Waals surface area contributed by atoms with E-state index < -0.39 is 8.07 Å². The molecular formula is C63H48N2Si. The average Bonchev–Trinajstić information content (AvgIpc) is 3.74. The van der Waals surface area contributed by atoms with Crippen LogP contribution in [0.1, 0.15) is 49.9 Å². The number of benzene rings is 10. The summed E-state index contributed by atoms with van der Waals surface area (Å²) in [5.41, 5.74) is 14.0. The Kier molecular flexibility index (Phi) is 8.98. The van der Waals surface area contributed by atoms with Gasteiger partial charge in [-0.1, -0.05) is 198 Å². The van der Waals surface area contributed by atoms with Crippen molar-refractivity contribution < 1.29 is 0 Å². The first-order valence-corrected chi connectivity index (χ1v) is 25.0. The Hall–Kier alpha value is -7.77. The van der Waals surface area contributed by atoms with Gasteiger partial charge in [0.05, 0.1) is 6.57 Å². The van der Waals surface area contributed by atoms with E-state index in [1.54, 1.807) is 0 Å². The quantitative estimate of drug-likeness (QED) is 0.0639. The Morgan fingerprint density at radius 2 is 0.864 bits per heavy atom. The second-order valence-electron chi connectivity index (χ2n) is 19.2. The van der Waals surface area contributed by atoms with Crippen LogP contribution >= 0.6 is 0 Å². The van der Waals surface area contributed by atoms with E-state index in [4.69, 9.17) is 6.57 Å². The number of rotatable bonds is 8. The number of hydrogen-bond acceptors (Lipinski definition) is 1. The third-order valence-electron chi connectivity index (χ3n) is 15.0. The molecule has 0 fully saturated rings. The van der Waals surface area contributed by atoms with Crippen LogP contribution in [0, 0.1) is 6.57 Å². The van der Waals surface area contributed by atoms with Crippen LogP contribution in [-0.4, -0.2) is 8.07 Å². The van der Waals surface area contributed by atoms with Crippen LogP contribution in [0.2, 0.25) is 0 Å². The lowest BCUT2D eigenvalue weighted by Gasteiger charge is -2.35. The van der Waals surface area contributed by atoms with Crippen molar-refractivity contribution in [3.8, 4) is 22.3 Å². The van der Waals surface area contributed by atoms with E-state index in [1.807, 2.05) is 12.1 Å². The molecule has 0 atom stereocenters. The molecule has 10 aromatic carbocycles. The van der Waals surface area contributed by atoms with E-state index >= 15 is 0 Å². The highest BCUT2D eigenvalue weighted by molar-refractivity contribution is 7.19. The second-order valence-corrected chi connectivity index (χ2v) is 23.0. The molecule has 12 rings (SSSR count). The monoisotopic (exact) mass is 860 g/mol. The normalized spacial score (nSPS) is 14.0. The number of hydrogen-bond donors (Lipinski definition) is 0. The average molecular weight is 861 g/mol. The highest BCUT2D eigenvalue weighted by Crippen LogP contribution is 2.54. The van der Waals surface area contributed by atoms with Gasteiger partial charge in [0.2, 0.25) is 0 Å². The SMILES string of the molecule is [C-]#[N+]c1ccc(-c2cc3c4c(ccc5cc(N(c6ccc([Si](c7ccccc7)(c7ccccc7)c7ccccc7)cc6)c6ccc7c(c6)C(C)(C)c6ccccc6-7)cc(c54)C3(C)C)c2)cc1. The molecule has 0 bridgehead atoms. The molecule has 0 radical (unpaired) electrons. The fraction of sp³-hybridized carbons (Fsp3) is 0.0952. The zero-order valence-corrected chi connectivity index (χ0v) is 38.7. The van der Waals surface area contributed by atoms with Crippen LogP contribution < -0.4 is 25.6 Å².